The minimum atomic E-state index is -0.298. The van der Waals surface area contributed by atoms with Gasteiger partial charge in [-0.3, -0.25) is 0 Å². The van der Waals surface area contributed by atoms with Crippen LogP contribution in [0.15, 0.2) is 0 Å². The Bertz CT molecular complexity index is 416. The number of esters is 1. The minimum absolute atomic E-state index is 0.115. The van der Waals surface area contributed by atoms with E-state index in [-0.39, 0.29) is 10.7 Å². The third-order valence-electron chi connectivity index (χ3n) is 2.57. The van der Waals surface area contributed by atoms with Gasteiger partial charge in [-0.05, 0) is 45.5 Å². The molecule has 1 heterocycles. The molecule has 0 amide bonds. The standard InChI is InChI=1S/C12H20N2O2S2/c1-6-16-11(15)9-8(2)14-18-10(9)13-7-12(3,4)17-5/h13H,6-7H2,1-5H3. The number of ether oxygens (including phenoxy) is 1. The van der Waals surface area contributed by atoms with Crippen molar-refractivity contribution in [3.63, 3.8) is 0 Å². The van der Waals surface area contributed by atoms with Gasteiger partial charge < -0.3 is 10.1 Å². The van der Waals surface area contributed by atoms with Crippen LogP contribution in [0.3, 0.4) is 0 Å². The van der Waals surface area contributed by atoms with E-state index in [0.717, 1.165) is 17.2 Å². The molecular weight excluding hydrogens is 268 g/mol. The van der Waals surface area contributed by atoms with Crippen LogP contribution in [-0.2, 0) is 4.74 Å². The Kier molecular flexibility index (Phi) is 5.47. The molecule has 0 aliphatic rings. The van der Waals surface area contributed by atoms with Gasteiger partial charge >= 0.3 is 5.97 Å². The molecule has 1 N–H and O–H groups in total. The van der Waals surface area contributed by atoms with Gasteiger partial charge in [-0.2, -0.15) is 16.1 Å². The van der Waals surface area contributed by atoms with E-state index in [1.807, 2.05) is 6.92 Å². The molecule has 0 aromatic carbocycles. The van der Waals surface area contributed by atoms with E-state index in [0.29, 0.717) is 12.2 Å². The van der Waals surface area contributed by atoms with E-state index in [9.17, 15) is 4.79 Å². The second-order valence-electron chi connectivity index (χ2n) is 4.51. The zero-order valence-electron chi connectivity index (χ0n) is 11.5. The van der Waals surface area contributed by atoms with Crippen LogP contribution in [0.4, 0.5) is 5.00 Å². The number of aryl methyl sites for hydroxylation is 1. The van der Waals surface area contributed by atoms with E-state index in [1.165, 1.54) is 11.5 Å². The van der Waals surface area contributed by atoms with Crippen molar-refractivity contribution in [3.05, 3.63) is 11.3 Å². The fourth-order valence-corrected chi connectivity index (χ4v) is 2.29. The molecular formula is C12H20N2O2S2. The Morgan fingerprint density at radius 3 is 2.78 bits per heavy atom. The van der Waals surface area contributed by atoms with Gasteiger partial charge in [-0.25, -0.2) is 4.79 Å². The topological polar surface area (TPSA) is 51.2 Å². The molecule has 0 atom stereocenters. The highest BCUT2D eigenvalue weighted by Gasteiger charge is 2.22. The smallest absolute Gasteiger partial charge is 0.343 e. The van der Waals surface area contributed by atoms with E-state index in [4.69, 9.17) is 4.74 Å². The van der Waals surface area contributed by atoms with Crippen molar-refractivity contribution in [1.82, 2.24) is 4.37 Å². The summed E-state index contributed by atoms with van der Waals surface area (Å²) in [6.07, 6.45) is 2.08. The molecule has 0 unspecified atom stereocenters. The lowest BCUT2D eigenvalue weighted by Gasteiger charge is -2.22. The van der Waals surface area contributed by atoms with Gasteiger partial charge in [0.1, 0.15) is 10.6 Å². The number of carbonyl (C=O) groups excluding carboxylic acids is 1. The van der Waals surface area contributed by atoms with Gasteiger partial charge in [-0.1, -0.05) is 0 Å². The van der Waals surface area contributed by atoms with Crippen molar-refractivity contribution in [2.75, 3.05) is 24.7 Å². The van der Waals surface area contributed by atoms with Gasteiger partial charge in [0.05, 0.1) is 12.3 Å². The lowest BCUT2D eigenvalue weighted by Crippen LogP contribution is -2.26. The monoisotopic (exact) mass is 288 g/mol. The lowest BCUT2D eigenvalue weighted by molar-refractivity contribution is 0.0527. The SMILES string of the molecule is CCOC(=O)c1c(C)nsc1NCC(C)(C)SC. The zero-order valence-corrected chi connectivity index (χ0v) is 13.1. The van der Waals surface area contributed by atoms with Crippen molar-refractivity contribution in [3.8, 4) is 0 Å². The summed E-state index contributed by atoms with van der Waals surface area (Å²) < 4.78 is 9.38. The van der Waals surface area contributed by atoms with Crippen LogP contribution < -0.4 is 5.32 Å². The summed E-state index contributed by atoms with van der Waals surface area (Å²) in [7, 11) is 0. The third-order valence-corrected chi connectivity index (χ3v) is 4.72. The van der Waals surface area contributed by atoms with Crippen molar-refractivity contribution in [2.24, 2.45) is 0 Å². The molecule has 18 heavy (non-hydrogen) atoms. The van der Waals surface area contributed by atoms with E-state index >= 15 is 0 Å². The predicted molar refractivity (Wildman–Crippen MR) is 78.9 cm³/mol. The first-order chi connectivity index (χ1) is 8.41. The highest BCUT2D eigenvalue weighted by molar-refractivity contribution is 7.99. The van der Waals surface area contributed by atoms with Gasteiger partial charge in [0.25, 0.3) is 0 Å². The number of aromatic nitrogens is 1. The molecule has 0 bridgehead atoms. The Morgan fingerprint density at radius 1 is 1.56 bits per heavy atom. The quantitative estimate of drug-likeness (QED) is 0.815. The van der Waals surface area contributed by atoms with Crippen LogP contribution in [0.1, 0.15) is 36.8 Å². The molecule has 0 saturated carbocycles. The largest absolute Gasteiger partial charge is 0.462 e. The Morgan fingerprint density at radius 2 is 2.22 bits per heavy atom. The second kappa shape index (κ2) is 6.43. The van der Waals surface area contributed by atoms with Gasteiger partial charge in [0, 0.05) is 11.3 Å². The summed E-state index contributed by atoms with van der Waals surface area (Å²) in [6, 6.07) is 0. The van der Waals surface area contributed by atoms with E-state index < -0.39 is 0 Å². The number of rotatable bonds is 6. The number of carbonyl (C=O) groups is 1. The van der Waals surface area contributed by atoms with E-state index in [2.05, 4.69) is 29.8 Å². The molecule has 1 aromatic heterocycles. The number of hydrogen-bond donors (Lipinski definition) is 1. The lowest BCUT2D eigenvalue weighted by atomic mass is 10.2. The normalized spacial score (nSPS) is 11.4. The fourth-order valence-electron chi connectivity index (χ4n) is 1.30. The molecule has 0 saturated heterocycles. The second-order valence-corrected chi connectivity index (χ2v) is 6.80. The molecule has 0 radical (unpaired) electrons. The van der Waals surface area contributed by atoms with Gasteiger partial charge in [-0.15, -0.1) is 0 Å². The molecule has 0 spiro atoms. The Balaban J connectivity index is 2.81. The average Bonchev–Trinajstić information content (AvgIpc) is 2.68. The summed E-state index contributed by atoms with van der Waals surface area (Å²) in [5.41, 5.74) is 1.29. The van der Waals surface area contributed by atoms with E-state index in [1.54, 1.807) is 18.7 Å². The molecule has 1 rings (SSSR count). The molecule has 0 aliphatic heterocycles. The van der Waals surface area contributed by atoms with Crippen LogP contribution in [0.2, 0.25) is 0 Å². The molecule has 4 nitrogen and oxygen atoms in total. The summed E-state index contributed by atoms with van der Waals surface area (Å²) in [5, 5.41) is 4.10. The van der Waals surface area contributed by atoms with Crippen molar-refractivity contribution >= 4 is 34.3 Å². The number of nitrogens with one attached hydrogen (secondary N) is 1. The number of thioether (sulfide) groups is 1. The predicted octanol–water partition coefficient (Wildman–Crippen LogP) is 3.18. The van der Waals surface area contributed by atoms with Crippen LogP contribution >= 0.6 is 23.3 Å². The van der Waals surface area contributed by atoms with Crippen molar-refractivity contribution in [2.45, 2.75) is 32.4 Å². The van der Waals surface area contributed by atoms with Crippen LogP contribution in [-0.4, -0.2) is 34.5 Å². The molecule has 0 aliphatic carbocycles. The highest BCUT2D eigenvalue weighted by atomic mass is 32.2. The maximum atomic E-state index is 11.8. The first-order valence-corrected chi connectivity index (χ1v) is 7.83. The van der Waals surface area contributed by atoms with Crippen molar-refractivity contribution in [1.29, 1.82) is 0 Å². The zero-order chi connectivity index (χ0) is 13.8. The van der Waals surface area contributed by atoms with Crippen molar-refractivity contribution < 1.29 is 9.53 Å². The fraction of sp³-hybridized carbons (Fsp3) is 0.667. The first kappa shape index (κ1) is 15.3. The summed E-state index contributed by atoms with van der Waals surface area (Å²) >= 11 is 3.09. The third kappa shape index (κ3) is 3.88. The number of nitrogens with zero attached hydrogens (tertiary/aromatic N) is 1. The van der Waals surface area contributed by atoms with Crippen LogP contribution in [0, 0.1) is 6.92 Å². The summed E-state index contributed by atoms with van der Waals surface area (Å²) in [4.78, 5) is 11.8. The summed E-state index contributed by atoms with van der Waals surface area (Å²) in [6.45, 7) is 9.10. The van der Waals surface area contributed by atoms with Crippen LogP contribution in [0.25, 0.3) is 0 Å². The Hall–Kier alpha value is -0.750. The summed E-state index contributed by atoms with van der Waals surface area (Å²) in [5.74, 6) is -0.298. The van der Waals surface area contributed by atoms with Gasteiger partial charge in [0.15, 0.2) is 0 Å². The maximum absolute atomic E-state index is 11.8. The first-order valence-electron chi connectivity index (χ1n) is 5.83. The molecule has 1 aromatic rings. The minimum Gasteiger partial charge on any atom is -0.462 e. The highest BCUT2D eigenvalue weighted by Crippen LogP contribution is 2.28. The molecule has 102 valence electrons. The molecule has 6 heteroatoms. The Labute approximate surface area is 117 Å². The molecule has 0 fully saturated rings. The number of anilines is 1. The van der Waals surface area contributed by atoms with Crippen LogP contribution in [0.5, 0.6) is 0 Å². The number of hydrogen-bond acceptors (Lipinski definition) is 6. The maximum Gasteiger partial charge on any atom is 0.343 e. The average molecular weight is 288 g/mol. The van der Waals surface area contributed by atoms with Gasteiger partial charge in [0.2, 0.25) is 0 Å².